The molecule has 3 N–H and O–H groups in total. The minimum absolute atomic E-state index is 0.202. The number of amides is 2. The van der Waals surface area contributed by atoms with Gasteiger partial charge in [-0.3, -0.25) is 0 Å². The van der Waals surface area contributed by atoms with Crippen LogP contribution in [0.1, 0.15) is 15.9 Å². The molecule has 0 unspecified atom stereocenters. The van der Waals surface area contributed by atoms with Gasteiger partial charge in [-0.05, 0) is 29.8 Å². The zero-order valence-corrected chi connectivity index (χ0v) is 10.7. The Morgan fingerprint density at radius 1 is 1.00 bits per heavy atom. The molecule has 0 radical (unpaired) electrons. The Hall–Kier alpha value is -2.82. The number of para-hydroxylation sites is 1. The first-order chi connectivity index (χ1) is 9.65. The van der Waals surface area contributed by atoms with Gasteiger partial charge in [0.05, 0.1) is 5.56 Å². The van der Waals surface area contributed by atoms with E-state index in [-0.39, 0.29) is 18.1 Å². The molecule has 2 aromatic rings. The molecule has 0 aromatic heterocycles. The van der Waals surface area contributed by atoms with Crippen LogP contribution >= 0.6 is 0 Å². The molecule has 0 heterocycles. The van der Waals surface area contributed by atoms with E-state index < -0.39 is 5.97 Å². The lowest BCUT2D eigenvalue weighted by molar-refractivity contribution is 0.0696. The van der Waals surface area contributed by atoms with Crippen molar-refractivity contribution in [3.05, 3.63) is 65.7 Å². The van der Waals surface area contributed by atoms with E-state index in [1.807, 2.05) is 18.2 Å². The highest BCUT2D eigenvalue weighted by molar-refractivity contribution is 5.89. The van der Waals surface area contributed by atoms with E-state index in [0.717, 1.165) is 5.56 Å². The summed E-state index contributed by atoms with van der Waals surface area (Å²) in [7, 11) is 0. The second kappa shape index (κ2) is 6.38. The lowest BCUT2D eigenvalue weighted by Crippen LogP contribution is -2.28. The molecule has 20 heavy (non-hydrogen) atoms. The predicted molar refractivity (Wildman–Crippen MR) is 75.7 cm³/mol. The normalized spacial score (nSPS) is 9.80. The molecule has 0 aliphatic heterocycles. The van der Waals surface area contributed by atoms with Gasteiger partial charge in [-0.1, -0.05) is 30.3 Å². The molecular formula is C15H14N2O3. The number of aromatic carboxylic acids is 1. The zero-order valence-electron chi connectivity index (χ0n) is 10.7. The first kappa shape index (κ1) is 13.6. The molecule has 0 saturated heterocycles. The van der Waals surface area contributed by atoms with Crippen molar-refractivity contribution in [3.8, 4) is 0 Å². The van der Waals surface area contributed by atoms with E-state index in [1.54, 1.807) is 24.3 Å². The quantitative estimate of drug-likeness (QED) is 0.799. The van der Waals surface area contributed by atoms with Gasteiger partial charge in [-0.25, -0.2) is 9.59 Å². The van der Waals surface area contributed by atoms with Gasteiger partial charge in [-0.2, -0.15) is 0 Å². The van der Waals surface area contributed by atoms with Crippen molar-refractivity contribution >= 4 is 17.7 Å². The standard InChI is InChI=1S/C15H14N2O3/c18-14(19)12-6-4-5-11(9-12)10-16-15(20)17-13-7-2-1-3-8-13/h1-9H,10H2,(H,18,19)(H2,16,17,20). The highest BCUT2D eigenvalue weighted by Gasteiger charge is 2.05. The van der Waals surface area contributed by atoms with Gasteiger partial charge < -0.3 is 15.7 Å². The van der Waals surface area contributed by atoms with Crippen LogP contribution in [0, 0.1) is 0 Å². The number of carboxylic acid groups (broad SMARTS) is 1. The minimum Gasteiger partial charge on any atom is -0.478 e. The summed E-state index contributed by atoms with van der Waals surface area (Å²) in [6.07, 6.45) is 0. The molecule has 2 rings (SSSR count). The summed E-state index contributed by atoms with van der Waals surface area (Å²) in [6.45, 7) is 0.264. The largest absolute Gasteiger partial charge is 0.478 e. The van der Waals surface area contributed by atoms with Crippen molar-refractivity contribution in [3.63, 3.8) is 0 Å². The number of carbonyl (C=O) groups excluding carboxylic acids is 1. The number of rotatable bonds is 4. The van der Waals surface area contributed by atoms with Crippen LogP contribution < -0.4 is 10.6 Å². The highest BCUT2D eigenvalue weighted by Crippen LogP contribution is 2.06. The second-order valence-corrected chi connectivity index (χ2v) is 4.18. The van der Waals surface area contributed by atoms with Crippen LogP contribution in [-0.2, 0) is 6.54 Å². The van der Waals surface area contributed by atoms with Gasteiger partial charge >= 0.3 is 12.0 Å². The Kier molecular flexibility index (Phi) is 4.34. The van der Waals surface area contributed by atoms with E-state index in [9.17, 15) is 9.59 Å². The molecule has 0 spiro atoms. The number of benzene rings is 2. The van der Waals surface area contributed by atoms with E-state index >= 15 is 0 Å². The molecule has 0 saturated carbocycles. The average Bonchev–Trinajstić information content (AvgIpc) is 2.46. The molecule has 0 fully saturated rings. The number of anilines is 1. The third-order valence-electron chi connectivity index (χ3n) is 2.66. The smallest absolute Gasteiger partial charge is 0.335 e. The van der Waals surface area contributed by atoms with E-state index in [4.69, 9.17) is 5.11 Å². The number of hydrogen-bond acceptors (Lipinski definition) is 2. The Labute approximate surface area is 116 Å². The summed E-state index contributed by atoms with van der Waals surface area (Å²) in [6, 6.07) is 15.2. The average molecular weight is 270 g/mol. The maximum atomic E-state index is 11.7. The van der Waals surface area contributed by atoms with Crippen molar-refractivity contribution in [2.45, 2.75) is 6.54 Å². The predicted octanol–water partition coefficient (Wildman–Crippen LogP) is 2.71. The fourth-order valence-electron chi connectivity index (χ4n) is 1.69. The highest BCUT2D eigenvalue weighted by atomic mass is 16.4. The van der Waals surface area contributed by atoms with E-state index in [0.29, 0.717) is 5.69 Å². The maximum Gasteiger partial charge on any atom is 0.335 e. The first-order valence-corrected chi connectivity index (χ1v) is 6.07. The van der Waals surface area contributed by atoms with Crippen LogP contribution in [-0.4, -0.2) is 17.1 Å². The Bertz CT molecular complexity index is 612. The summed E-state index contributed by atoms with van der Waals surface area (Å²) in [5, 5.41) is 14.2. The molecule has 5 heteroatoms. The van der Waals surface area contributed by atoms with Crippen molar-refractivity contribution in [2.24, 2.45) is 0 Å². The second-order valence-electron chi connectivity index (χ2n) is 4.18. The SMILES string of the molecule is O=C(NCc1cccc(C(=O)O)c1)Nc1ccccc1. The van der Waals surface area contributed by atoms with Gasteiger partial charge in [0.1, 0.15) is 0 Å². The molecule has 5 nitrogen and oxygen atoms in total. The zero-order chi connectivity index (χ0) is 14.4. The van der Waals surface area contributed by atoms with Gasteiger partial charge in [0.15, 0.2) is 0 Å². The minimum atomic E-state index is -0.986. The number of urea groups is 1. The Morgan fingerprint density at radius 3 is 2.45 bits per heavy atom. The fourth-order valence-corrected chi connectivity index (χ4v) is 1.69. The lowest BCUT2D eigenvalue weighted by Gasteiger charge is -2.08. The molecular weight excluding hydrogens is 256 g/mol. The Morgan fingerprint density at radius 2 is 1.75 bits per heavy atom. The summed E-state index contributed by atoms with van der Waals surface area (Å²) in [4.78, 5) is 22.5. The van der Waals surface area contributed by atoms with Crippen molar-refractivity contribution in [2.75, 3.05) is 5.32 Å². The molecule has 102 valence electrons. The molecule has 2 aromatic carbocycles. The van der Waals surface area contributed by atoms with Gasteiger partial charge in [0, 0.05) is 12.2 Å². The van der Waals surface area contributed by atoms with Crippen LogP contribution in [0.5, 0.6) is 0 Å². The maximum absolute atomic E-state index is 11.7. The third-order valence-corrected chi connectivity index (χ3v) is 2.66. The molecule has 0 bridgehead atoms. The molecule has 0 aliphatic carbocycles. The van der Waals surface area contributed by atoms with Crippen LogP contribution in [0.15, 0.2) is 54.6 Å². The Balaban J connectivity index is 1.90. The van der Waals surface area contributed by atoms with Crippen LogP contribution in [0.25, 0.3) is 0 Å². The number of carboxylic acids is 1. The van der Waals surface area contributed by atoms with Crippen LogP contribution in [0.4, 0.5) is 10.5 Å². The lowest BCUT2D eigenvalue weighted by atomic mass is 10.1. The number of hydrogen-bond donors (Lipinski definition) is 3. The number of carbonyl (C=O) groups is 2. The summed E-state index contributed by atoms with van der Waals surface area (Å²) in [5.41, 5.74) is 1.63. The number of nitrogens with one attached hydrogen (secondary N) is 2. The van der Waals surface area contributed by atoms with E-state index in [1.165, 1.54) is 12.1 Å². The van der Waals surface area contributed by atoms with Crippen molar-refractivity contribution in [1.82, 2.24) is 5.32 Å². The van der Waals surface area contributed by atoms with Gasteiger partial charge in [0.2, 0.25) is 0 Å². The molecule has 0 atom stereocenters. The summed E-state index contributed by atoms with van der Waals surface area (Å²) in [5.74, 6) is -0.986. The fraction of sp³-hybridized carbons (Fsp3) is 0.0667. The third kappa shape index (κ3) is 3.84. The van der Waals surface area contributed by atoms with Crippen LogP contribution in [0.2, 0.25) is 0 Å². The van der Waals surface area contributed by atoms with Crippen LogP contribution in [0.3, 0.4) is 0 Å². The monoisotopic (exact) mass is 270 g/mol. The van der Waals surface area contributed by atoms with Crippen molar-refractivity contribution in [1.29, 1.82) is 0 Å². The van der Waals surface area contributed by atoms with Gasteiger partial charge in [-0.15, -0.1) is 0 Å². The van der Waals surface area contributed by atoms with Crippen molar-refractivity contribution < 1.29 is 14.7 Å². The topological polar surface area (TPSA) is 78.4 Å². The summed E-state index contributed by atoms with van der Waals surface area (Å²) < 4.78 is 0. The molecule has 2 amide bonds. The van der Waals surface area contributed by atoms with Gasteiger partial charge in [0.25, 0.3) is 0 Å². The molecule has 0 aliphatic rings. The first-order valence-electron chi connectivity index (χ1n) is 6.07. The van der Waals surface area contributed by atoms with E-state index in [2.05, 4.69) is 10.6 Å². The summed E-state index contributed by atoms with van der Waals surface area (Å²) >= 11 is 0.